The molecule has 0 saturated carbocycles. The van der Waals surface area contributed by atoms with Crippen molar-refractivity contribution in [2.75, 3.05) is 5.32 Å². The van der Waals surface area contributed by atoms with Gasteiger partial charge >= 0.3 is 6.18 Å². The quantitative estimate of drug-likeness (QED) is 0.945. The van der Waals surface area contributed by atoms with E-state index in [1.54, 1.807) is 0 Å². The van der Waals surface area contributed by atoms with Gasteiger partial charge in [-0.1, -0.05) is 11.6 Å². The third-order valence-corrected chi connectivity index (χ3v) is 3.56. The first-order valence-corrected chi connectivity index (χ1v) is 6.70. The number of anilines is 1. The van der Waals surface area contributed by atoms with Crippen molar-refractivity contribution in [1.29, 1.82) is 0 Å². The molecule has 0 fully saturated rings. The van der Waals surface area contributed by atoms with E-state index in [-0.39, 0.29) is 10.8 Å². The lowest BCUT2D eigenvalue weighted by atomic mass is 10.3. The third kappa shape index (κ3) is 2.80. The Morgan fingerprint density at radius 3 is 2.86 bits per heavy atom. The fourth-order valence-corrected chi connectivity index (χ4v) is 2.46. The molecule has 0 atom stereocenters. The number of fused-ring (bicyclic) bond motifs is 1. The van der Waals surface area contributed by atoms with Gasteiger partial charge in [0.2, 0.25) is 0 Å². The fraction of sp³-hybridized carbons (Fsp3) is 0.417. The maximum absolute atomic E-state index is 12.5. The van der Waals surface area contributed by atoms with E-state index in [1.807, 2.05) is 4.57 Å². The van der Waals surface area contributed by atoms with Gasteiger partial charge in [-0.25, -0.2) is 4.98 Å². The lowest BCUT2D eigenvalue weighted by Crippen LogP contribution is -2.10. The average molecular weight is 318 g/mol. The number of nitrogens with zero attached hydrogens (tertiary/aromatic N) is 4. The molecule has 0 unspecified atom stereocenters. The summed E-state index contributed by atoms with van der Waals surface area (Å²) in [6.45, 7) is 1.17. The van der Waals surface area contributed by atoms with E-state index in [2.05, 4.69) is 20.5 Å². The Labute approximate surface area is 123 Å². The Morgan fingerprint density at radius 1 is 1.33 bits per heavy atom. The molecule has 21 heavy (non-hydrogen) atoms. The van der Waals surface area contributed by atoms with Crippen molar-refractivity contribution in [2.45, 2.75) is 32.1 Å². The Balaban J connectivity index is 1.73. The fourth-order valence-electron chi connectivity index (χ4n) is 2.23. The molecule has 0 aliphatic carbocycles. The molecule has 1 aliphatic rings. The summed E-state index contributed by atoms with van der Waals surface area (Å²) in [5, 5.41) is 10.9. The number of aryl methyl sites for hydroxylation is 1. The molecule has 0 bridgehead atoms. The van der Waals surface area contributed by atoms with Gasteiger partial charge in [-0.15, -0.1) is 10.2 Å². The topological polar surface area (TPSA) is 55.6 Å². The number of nitrogens with one attached hydrogen (secondary N) is 1. The van der Waals surface area contributed by atoms with Gasteiger partial charge in [0.05, 0.1) is 17.1 Å². The second-order valence-corrected chi connectivity index (χ2v) is 5.10. The van der Waals surface area contributed by atoms with E-state index in [0.717, 1.165) is 43.3 Å². The first kappa shape index (κ1) is 14.1. The Bertz CT molecular complexity index is 667. The monoisotopic (exact) mass is 317 g/mol. The molecule has 0 aromatic carbocycles. The summed E-state index contributed by atoms with van der Waals surface area (Å²) in [6, 6.07) is 0.852. The van der Waals surface area contributed by atoms with Crippen LogP contribution in [-0.2, 0) is 25.7 Å². The normalized spacial score (nSPS) is 14.3. The van der Waals surface area contributed by atoms with Crippen molar-refractivity contribution in [1.82, 2.24) is 19.7 Å². The lowest BCUT2D eigenvalue weighted by molar-refractivity contribution is -0.137. The van der Waals surface area contributed by atoms with Crippen LogP contribution in [-0.4, -0.2) is 19.7 Å². The van der Waals surface area contributed by atoms with Gasteiger partial charge < -0.3 is 9.88 Å². The summed E-state index contributed by atoms with van der Waals surface area (Å²) >= 11 is 5.83. The van der Waals surface area contributed by atoms with Gasteiger partial charge in [0, 0.05) is 19.2 Å². The van der Waals surface area contributed by atoms with Gasteiger partial charge in [-0.2, -0.15) is 13.2 Å². The Kier molecular flexibility index (Phi) is 3.48. The maximum Gasteiger partial charge on any atom is 0.417 e. The highest BCUT2D eigenvalue weighted by Crippen LogP contribution is 2.32. The standard InChI is InChI=1S/C12H11ClF3N5/c13-8-4-7(12(14,15)16)5-17-11(8)18-6-10-20-19-9-2-1-3-21(9)10/h4-5H,1-3,6H2,(H,17,18). The number of rotatable bonds is 3. The summed E-state index contributed by atoms with van der Waals surface area (Å²) in [4.78, 5) is 3.72. The average Bonchev–Trinajstić information content (AvgIpc) is 2.99. The zero-order chi connectivity index (χ0) is 15.0. The molecule has 2 aromatic heterocycles. The van der Waals surface area contributed by atoms with E-state index < -0.39 is 11.7 Å². The Hall–Kier alpha value is -1.83. The molecule has 1 aliphatic heterocycles. The molecule has 0 spiro atoms. The first-order chi connectivity index (χ1) is 9.95. The molecule has 3 rings (SSSR count). The van der Waals surface area contributed by atoms with E-state index >= 15 is 0 Å². The van der Waals surface area contributed by atoms with Crippen LogP contribution in [0.1, 0.15) is 23.6 Å². The molecule has 0 amide bonds. The second-order valence-electron chi connectivity index (χ2n) is 4.69. The lowest BCUT2D eigenvalue weighted by Gasteiger charge is -2.10. The van der Waals surface area contributed by atoms with Gasteiger partial charge in [0.1, 0.15) is 11.6 Å². The van der Waals surface area contributed by atoms with Crippen molar-refractivity contribution in [3.05, 3.63) is 34.5 Å². The van der Waals surface area contributed by atoms with Crippen LogP contribution >= 0.6 is 11.6 Å². The van der Waals surface area contributed by atoms with E-state index in [0.29, 0.717) is 6.54 Å². The number of halogens is 4. The van der Waals surface area contributed by atoms with Gasteiger partial charge in [-0.3, -0.25) is 0 Å². The molecule has 9 heteroatoms. The minimum Gasteiger partial charge on any atom is -0.362 e. The second kappa shape index (κ2) is 5.18. The smallest absolute Gasteiger partial charge is 0.362 e. The van der Waals surface area contributed by atoms with Crippen molar-refractivity contribution in [3.63, 3.8) is 0 Å². The molecule has 1 N–H and O–H groups in total. The van der Waals surface area contributed by atoms with Gasteiger partial charge in [0.15, 0.2) is 5.82 Å². The minimum atomic E-state index is -4.46. The van der Waals surface area contributed by atoms with E-state index in [4.69, 9.17) is 11.6 Å². The number of hydrogen-bond acceptors (Lipinski definition) is 4. The molecule has 2 aromatic rings. The third-order valence-electron chi connectivity index (χ3n) is 3.27. The Morgan fingerprint density at radius 2 is 2.14 bits per heavy atom. The zero-order valence-corrected chi connectivity index (χ0v) is 11.5. The number of pyridine rings is 1. The van der Waals surface area contributed by atoms with E-state index in [9.17, 15) is 13.2 Å². The molecule has 3 heterocycles. The van der Waals surface area contributed by atoms with Crippen molar-refractivity contribution in [2.24, 2.45) is 0 Å². The largest absolute Gasteiger partial charge is 0.417 e. The van der Waals surface area contributed by atoms with Crippen LogP contribution in [0.4, 0.5) is 19.0 Å². The molecular formula is C12H11ClF3N5. The summed E-state index contributed by atoms with van der Waals surface area (Å²) < 4.78 is 39.5. The summed E-state index contributed by atoms with van der Waals surface area (Å²) in [6.07, 6.45) is -1.78. The maximum atomic E-state index is 12.5. The summed E-state index contributed by atoms with van der Waals surface area (Å²) in [5.74, 6) is 1.85. The number of hydrogen-bond donors (Lipinski definition) is 1. The van der Waals surface area contributed by atoms with E-state index in [1.165, 1.54) is 0 Å². The van der Waals surface area contributed by atoms with Crippen molar-refractivity contribution in [3.8, 4) is 0 Å². The highest BCUT2D eigenvalue weighted by Gasteiger charge is 2.31. The molecule has 112 valence electrons. The number of aromatic nitrogens is 4. The van der Waals surface area contributed by atoms with Crippen LogP contribution in [0.15, 0.2) is 12.3 Å². The van der Waals surface area contributed by atoms with Gasteiger partial charge in [0.25, 0.3) is 0 Å². The van der Waals surface area contributed by atoms with Crippen molar-refractivity contribution < 1.29 is 13.2 Å². The SMILES string of the molecule is FC(F)(F)c1cnc(NCc2nnc3n2CCC3)c(Cl)c1. The molecular weight excluding hydrogens is 307 g/mol. The summed E-state index contributed by atoms with van der Waals surface area (Å²) in [5.41, 5.74) is -0.874. The predicted molar refractivity (Wildman–Crippen MR) is 69.9 cm³/mol. The van der Waals surface area contributed by atoms with Crippen molar-refractivity contribution >= 4 is 17.4 Å². The van der Waals surface area contributed by atoms with Gasteiger partial charge in [-0.05, 0) is 12.5 Å². The van der Waals surface area contributed by atoms with Crippen LogP contribution in [0.25, 0.3) is 0 Å². The van der Waals surface area contributed by atoms with Crippen LogP contribution in [0.5, 0.6) is 0 Å². The highest BCUT2D eigenvalue weighted by atomic mass is 35.5. The van der Waals surface area contributed by atoms with Crippen LogP contribution in [0.2, 0.25) is 5.02 Å². The predicted octanol–water partition coefficient (Wildman–Crippen LogP) is 2.90. The van der Waals surface area contributed by atoms with Crippen LogP contribution in [0.3, 0.4) is 0 Å². The zero-order valence-electron chi connectivity index (χ0n) is 10.8. The number of alkyl halides is 3. The van der Waals surface area contributed by atoms with Crippen LogP contribution in [0, 0.1) is 0 Å². The minimum absolute atomic E-state index is 0.0778. The van der Waals surface area contributed by atoms with Crippen LogP contribution < -0.4 is 5.32 Å². The molecule has 5 nitrogen and oxygen atoms in total. The summed E-state index contributed by atoms with van der Waals surface area (Å²) in [7, 11) is 0. The first-order valence-electron chi connectivity index (χ1n) is 6.33. The highest BCUT2D eigenvalue weighted by molar-refractivity contribution is 6.32. The molecule has 0 saturated heterocycles. The molecule has 0 radical (unpaired) electrons.